The van der Waals surface area contributed by atoms with Gasteiger partial charge in [-0.05, 0) is 182 Å². The predicted octanol–water partition coefficient (Wildman–Crippen LogP) is 11.9. The minimum Gasteiger partial charge on any atom is -0.493 e. The topological polar surface area (TPSA) is 162 Å². The quantitative estimate of drug-likeness (QED) is 0.0436. The fourth-order valence-electron chi connectivity index (χ4n) is 10.5. The number of carbonyl (C=O) groups is 4. The maximum Gasteiger partial charge on any atom is 0.358 e. The van der Waals surface area contributed by atoms with Crippen LogP contribution in [0, 0.1) is 25.7 Å². The van der Waals surface area contributed by atoms with Crippen molar-refractivity contribution in [3.63, 3.8) is 0 Å². The van der Waals surface area contributed by atoms with Crippen LogP contribution in [0.4, 0.5) is 10.9 Å². The second kappa shape index (κ2) is 27.7. The van der Waals surface area contributed by atoms with Crippen molar-refractivity contribution >= 4 is 72.2 Å². The number of nitrogens with zero attached hydrogens (tertiary/aromatic N) is 5. The SMILES string of the molecule is CCOC(=O)CN1CC[C@H](CCCOc2cccc(Br)c2C)C1.COC(=O)CN1CC[C@H](CCCOc2cccc(-c3ccc(N4CCc5cccc(C(=O)Nc6nc7ccccc7s6)c5C4)nc3C(=O)OC(C)(C)C)c2C)C1. The molecule has 3 aliphatic heterocycles. The molecule has 2 atom stereocenters. The maximum atomic E-state index is 13.9. The van der Waals surface area contributed by atoms with Crippen LogP contribution in [-0.2, 0) is 36.8 Å². The van der Waals surface area contributed by atoms with Gasteiger partial charge in [0.15, 0.2) is 10.8 Å². The Bertz CT molecular complexity index is 3050. The van der Waals surface area contributed by atoms with Gasteiger partial charge in [0.25, 0.3) is 5.91 Å². The van der Waals surface area contributed by atoms with E-state index in [0.29, 0.717) is 79.7 Å². The van der Waals surface area contributed by atoms with Crippen molar-refractivity contribution in [2.45, 2.75) is 98.6 Å². The molecule has 2 aromatic heterocycles. The number of anilines is 2. The van der Waals surface area contributed by atoms with E-state index in [4.69, 9.17) is 28.7 Å². The Morgan fingerprint density at radius 3 is 2.08 bits per heavy atom. The van der Waals surface area contributed by atoms with Gasteiger partial charge < -0.3 is 28.6 Å². The van der Waals surface area contributed by atoms with E-state index in [1.165, 1.54) is 18.4 Å². The lowest BCUT2D eigenvalue weighted by Gasteiger charge is -2.31. The first-order valence-electron chi connectivity index (χ1n) is 27.6. The molecular weight excluding hydrogens is 1080 g/mol. The molecule has 5 heterocycles. The maximum absolute atomic E-state index is 13.9. The zero-order chi connectivity index (χ0) is 56.1. The number of aromatic nitrogens is 2. The number of hydrogen-bond acceptors (Lipinski definition) is 15. The second-order valence-electron chi connectivity index (χ2n) is 21.6. The average molecular weight is 1160 g/mol. The monoisotopic (exact) mass is 1160 g/mol. The van der Waals surface area contributed by atoms with Crippen LogP contribution in [0.25, 0.3) is 21.3 Å². The number of hydrogen-bond donors (Lipinski definition) is 1. The lowest BCUT2D eigenvalue weighted by Crippen LogP contribution is -2.33. The van der Waals surface area contributed by atoms with E-state index < -0.39 is 11.6 Å². The summed E-state index contributed by atoms with van der Waals surface area (Å²) < 4.78 is 30.0. The normalized spacial score (nSPS) is 16.4. The van der Waals surface area contributed by atoms with E-state index in [9.17, 15) is 19.2 Å². The van der Waals surface area contributed by atoms with E-state index in [0.717, 1.165) is 125 Å². The van der Waals surface area contributed by atoms with Crippen LogP contribution >= 0.6 is 27.3 Å². The molecule has 9 rings (SSSR count). The number of thiazole rings is 1. The van der Waals surface area contributed by atoms with Crippen molar-refractivity contribution in [3.05, 3.63) is 129 Å². The number of amides is 1. The summed E-state index contributed by atoms with van der Waals surface area (Å²) in [6.45, 7) is 18.9. The summed E-state index contributed by atoms with van der Waals surface area (Å²) in [5, 5.41) is 3.57. The molecule has 0 radical (unpaired) electrons. The van der Waals surface area contributed by atoms with Gasteiger partial charge in [0.1, 0.15) is 22.9 Å². The first-order valence-corrected chi connectivity index (χ1v) is 29.2. The van der Waals surface area contributed by atoms with E-state index in [1.54, 1.807) is 0 Å². The summed E-state index contributed by atoms with van der Waals surface area (Å²) >= 11 is 4.97. The Hall–Kier alpha value is -6.40. The number of pyridine rings is 1. The lowest BCUT2D eigenvalue weighted by atomic mass is 9.94. The highest BCUT2D eigenvalue weighted by Crippen LogP contribution is 2.36. The largest absolute Gasteiger partial charge is 0.493 e. The molecule has 0 unspecified atom stereocenters. The Morgan fingerprint density at radius 1 is 0.747 bits per heavy atom. The van der Waals surface area contributed by atoms with Crippen molar-refractivity contribution in [2.24, 2.45) is 11.8 Å². The highest BCUT2D eigenvalue weighted by atomic mass is 79.9. The van der Waals surface area contributed by atoms with Gasteiger partial charge in [-0.25, -0.2) is 14.8 Å². The molecular formula is C62H75BrN6O9S. The number of halogens is 1. The molecule has 0 spiro atoms. The van der Waals surface area contributed by atoms with Gasteiger partial charge in [-0.15, -0.1) is 0 Å². The van der Waals surface area contributed by atoms with Crippen LogP contribution in [0.3, 0.4) is 0 Å². The van der Waals surface area contributed by atoms with Crippen molar-refractivity contribution in [2.75, 3.05) is 83.0 Å². The third-order valence-electron chi connectivity index (χ3n) is 14.6. The van der Waals surface area contributed by atoms with E-state index in [-0.39, 0.29) is 23.5 Å². The Kier molecular flexibility index (Phi) is 20.6. The molecule has 0 saturated carbocycles. The minimum atomic E-state index is -0.725. The van der Waals surface area contributed by atoms with E-state index >= 15 is 0 Å². The van der Waals surface area contributed by atoms with E-state index in [2.05, 4.69) is 53.9 Å². The molecule has 1 N–H and O–H groups in total. The van der Waals surface area contributed by atoms with Crippen molar-refractivity contribution in [1.82, 2.24) is 19.8 Å². The van der Waals surface area contributed by atoms with Gasteiger partial charge in [-0.2, -0.15) is 0 Å². The summed E-state index contributed by atoms with van der Waals surface area (Å²) in [5.74, 6) is 2.50. The summed E-state index contributed by atoms with van der Waals surface area (Å²) in [7, 11) is 1.43. The molecule has 17 heteroatoms. The first-order chi connectivity index (χ1) is 38.0. The fourth-order valence-corrected chi connectivity index (χ4v) is 11.7. The summed E-state index contributed by atoms with van der Waals surface area (Å²) in [4.78, 5) is 66.8. The standard InChI is InChI=1S/C44H49N5O6S.C18H26BrNO3/c1-28-31(13-9-16-36(28)54-24-10-11-29-20-22-48(25-29)27-39(50)53-5)32-18-19-38(46-40(32)42(52)55-44(2,3)4)49-23-21-30-12-8-14-33(34(30)26-49)41(51)47-43-45-35-15-6-7-17-37(35)56-43;1-3-22-18(21)13-20-10-9-15(12-20)6-5-11-23-17-8-4-7-16(19)14(17)2/h6-9,12-19,29H,10-11,20-27H2,1-5H3,(H,45,47,51);4,7-8,15H,3,5-6,9-13H2,1-2H3/t29-;15-/m00/s1. The third kappa shape index (κ3) is 16.1. The molecule has 79 heavy (non-hydrogen) atoms. The number of carbonyl (C=O) groups excluding carboxylic acids is 4. The zero-order valence-electron chi connectivity index (χ0n) is 46.7. The lowest BCUT2D eigenvalue weighted by molar-refractivity contribution is -0.144. The van der Waals surface area contributed by atoms with Crippen LogP contribution in [-0.4, -0.2) is 122 Å². The zero-order valence-corrected chi connectivity index (χ0v) is 49.1. The van der Waals surface area contributed by atoms with Gasteiger partial charge in [0.05, 0.1) is 50.2 Å². The summed E-state index contributed by atoms with van der Waals surface area (Å²) in [6.07, 6.45) is 7.04. The number of likely N-dealkylation sites (tertiary alicyclic amines) is 2. The highest BCUT2D eigenvalue weighted by Gasteiger charge is 2.29. The molecule has 0 aliphatic carbocycles. The molecule has 15 nitrogen and oxygen atoms in total. The Labute approximate surface area is 477 Å². The number of nitrogens with one attached hydrogen (secondary N) is 1. The first kappa shape index (κ1) is 58.7. The molecule has 0 bridgehead atoms. The number of fused-ring (bicyclic) bond motifs is 2. The van der Waals surface area contributed by atoms with Crippen molar-refractivity contribution < 1.29 is 42.9 Å². The minimum absolute atomic E-state index is 0.110. The number of rotatable bonds is 20. The van der Waals surface area contributed by atoms with Crippen molar-refractivity contribution in [3.8, 4) is 22.6 Å². The van der Waals surface area contributed by atoms with Crippen molar-refractivity contribution in [1.29, 1.82) is 0 Å². The van der Waals surface area contributed by atoms with Gasteiger partial charge in [-0.3, -0.25) is 29.5 Å². The van der Waals surface area contributed by atoms with Gasteiger partial charge in [0.2, 0.25) is 0 Å². The van der Waals surface area contributed by atoms with Gasteiger partial charge in [0, 0.05) is 47.3 Å². The number of benzene rings is 4. The molecule has 2 saturated heterocycles. The van der Waals surface area contributed by atoms with Gasteiger partial charge >= 0.3 is 17.9 Å². The molecule has 4 aromatic carbocycles. The van der Waals surface area contributed by atoms with Crippen LogP contribution in [0.2, 0.25) is 0 Å². The summed E-state index contributed by atoms with van der Waals surface area (Å²) in [6, 6.07) is 29.4. The average Bonchev–Trinajstić information content (AvgIpc) is 4.38. The van der Waals surface area contributed by atoms with Crippen LogP contribution in [0.5, 0.6) is 11.5 Å². The molecule has 1 amide bonds. The number of ether oxygens (including phenoxy) is 5. The number of methoxy groups -OCH3 is 1. The highest BCUT2D eigenvalue weighted by molar-refractivity contribution is 9.10. The number of para-hydroxylation sites is 1. The second-order valence-corrected chi connectivity index (χ2v) is 23.4. The van der Waals surface area contributed by atoms with Crippen LogP contribution < -0.4 is 19.7 Å². The molecule has 420 valence electrons. The molecule has 2 fully saturated rings. The summed E-state index contributed by atoms with van der Waals surface area (Å²) in [5.41, 5.74) is 6.53. The fraction of sp³-hybridized carbons (Fsp3) is 0.452. The Morgan fingerprint density at radius 2 is 1.41 bits per heavy atom. The van der Waals surface area contributed by atoms with E-state index in [1.807, 2.05) is 120 Å². The third-order valence-corrected chi connectivity index (χ3v) is 16.4. The van der Waals surface area contributed by atoms with Gasteiger partial charge in [-0.1, -0.05) is 69.7 Å². The Balaban J connectivity index is 0.000000299. The molecule has 6 aromatic rings. The predicted molar refractivity (Wildman–Crippen MR) is 314 cm³/mol. The smallest absolute Gasteiger partial charge is 0.358 e. The van der Waals surface area contributed by atoms with Crippen LogP contribution in [0.1, 0.15) is 109 Å². The van der Waals surface area contributed by atoms with Crippen LogP contribution in [0.15, 0.2) is 95.5 Å². The molecule has 3 aliphatic rings. The number of esters is 3.